The molecule has 0 radical (unpaired) electrons. The number of likely N-dealkylation sites (tertiary alicyclic amines) is 1. The van der Waals surface area contributed by atoms with Gasteiger partial charge in [-0.05, 0) is 32.3 Å². The van der Waals surface area contributed by atoms with Crippen LogP contribution < -0.4 is 10.6 Å². The van der Waals surface area contributed by atoms with E-state index in [1.165, 1.54) is 10.6 Å². The van der Waals surface area contributed by atoms with Gasteiger partial charge in [-0.25, -0.2) is 9.98 Å². The Morgan fingerprint density at radius 3 is 2.75 bits per heavy atom. The van der Waals surface area contributed by atoms with Gasteiger partial charge in [0, 0.05) is 37.1 Å². The SMILES string of the molecule is CCNC(=NCc1csc(CC)n1)NC1CC(C)N(Cc2ccccc2)C1.I. The van der Waals surface area contributed by atoms with Crippen LogP contribution in [-0.2, 0) is 19.5 Å². The number of rotatable bonds is 7. The number of nitrogens with one attached hydrogen (secondary N) is 2. The molecule has 1 aromatic heterocycles. The van der Waals surface area contributed by atoms with E-state index in [1.807, 2.05) is 0 Å². The summed E-state index contributed by atoms with van der Waals surface area (Å²) in [6, 6.07) is 11.7. The Balaban J connectivity index is 0.00000280. The Morgan fingerprint density at radius 1 is 1.29 bits per heavy atom. The lowest BCUT2D eigenvalue weighted by Gasteiger charge is -2.21. The molecule has 1 aliphatic rings. The lowest BCUT2D eigenvalue weighted by molar-refractivity contribution is 0.258. The van der Waals surface area contributed by atoms with Gasteiger partial charge in [-0.2, -0.15) is 0 Å². The van der Waals surface area contributed by atoms with Crippen LogP contribution in [0.3, 0.4) is 0 Å². The van der Waals surface area contributed by atoms with Crippen molar-refractivity contribution in [1.82, 2.24) is 20.5 Å². The molecule has 1 aromatic carbocycles. The van der Waals surface area contributed by atoms with Crippen LogP contribution in [0.5, 0.6) is 0 Å². The van der Waals surface area contributed by atoms with Crippen molar-refractivity contribution in [3.63, 3.8) is 0 Å². The van der Waals surface area contributed by atoms with E-state index in [-0.39, 0.29) is 24.0 Å². The van der Waals surface area contributed by atoms with Crippen molar-refractivity contribution in [2.45, 2.75) is 58.8 Å². The quantitative estimate of drug-likeness (QED) is 0.334. The largest absolute Gasteiger partial charge is 0.357 e. The van der Waals surface area contributed by atoms with E-state index in [9.17, 15) is 0 Å². The molecule has 3 rings (SSSR count). The molecule has 7 heteroatoms. The van der Waals surface area contributed by atoms with Gasteiger partial charge >= 0.3 is 0 Å². The topological polar surface area (TPSA) is 52.6 Å². The molecular weight excluding hydrogens is 481 g/mol. The Kier molecular flexibility index (Phi) is 9.67. The first-order valence-corrected chi connectivity index (χ1v) is 10.8. The predicted molar refractivity (Wildman–Crippen MR) is 130 cm³/mol. The summed E-state index contributed by atoms with van der Waals surface area (Å²) in [5.41, 5.74) is 2.43. The summed E-state index contributed by atoms with van der Waals surface area (Å²) in [6.45, 7) is 10.1. The lowest BCUT2D eigenvalue weighted by Crippen LogP contribution is -2.44. The smallest absolute Gasteiger partial charge is 0.191 e. The second-order valence-corrected chi connectivity index (χ2v) is 8.06. The first kappa shape index (κ1) is 23.1. The van der Waals surface area contributed by atoms with Crippen LogP contribution >= 0.6 is 35.3 Å². The molecule has 2 atom stereocenters. The molecule has 2 N–H and O–H groups in total. The summed E-state index contributed by atoms with van der Waals surface area (Å²) in [5, 5.41) is 10.3. The molecular formula is C21H32IN5S. The minimum Gasteiger partial charge on any atom is -0.357 e. The number of aromatic nitrogens is 1. The zero-order valence-corrected chi connectivity index (χ0v) is 20.2. The predicted octanol–water partition coefficient (Wildman–Crippen LogP) is 4.04. The second-order valence-electron chi connectivity index (χ2n) is 7.12. The van der Waals surface area contributed by atoms with Crippen LogP contribution in [0.1, 0.15) is 43.5 Å². The van der Waals surface area contributed by atoms with Gasteiger partial charge < -0.3 is 10.6 Å². The molecule has 2 aromatic rings. The van der Waals surface area contributed by atoms with Crippen LogP contribution in [0.15, 0.2) is 40.7 Å². The van der Waals surface area contributed by atoms with Gasteiger partial charge in [0.15, 0.2) is 5.96 Å². The van der Waals surface area contributed by atoms with Crippen molar-refractivity contribution in [2.24, 2.45) is 4.99 Å². The average Bonchev–Trinajstić information content (AvgIpc) is 3.27. The second kappa shape index (κ2) is 11.7. The Hall–Kier alpha value is -1.19. The number of guanidine groups is 1. The first-order valence-electron chi connectivity index (χ1n) is 9.94. The molecule has 0 bridgehead atoms. The number of hydrogen-bond acceptors (Lipinski definition) is 4. The van der Waals surface area contributed by atoms with Crippen molar-refractivity contribution in [3.05, 3.63) is 52.0 Å². The number of halogens is 1. The minimum absolute atomic E-state index is 0. The molecule has 1 aliphatic heterocycles. The molecule has 0 spiro atoms. The summed E-state index contributed by atoms with van der Waals surface area (Å²) in [5.74, 6) is 0.891. The van der Waals surface area contributed by atoms with Crippen LogP contribution in [0.25, 0.3) is 0 Å². The highest BCUT2D eigenvalue weighted by Gasteiger charge is 2.29. The third kappa shape index (κ3) is 6.70. The standard InChI is InChI=1S/C21H31N5S.HI/c1-4-20-24-19(15-27-20)12-23-21(22-5-2)25-18-11-16(3)26(14-18)13-17-9-7-6-8-10-17;/h6-10,15-16,18H,4-5,11-14H2,1-3H3,(H2,22,23,25);1H. The van der Waals surface area contributed by atoms with Crippen molar-refractivity contribution >= 4 is 41.3 Å². The van der Waals surface area contributed by atoms with E-state index in [2.05, 4.69) is 77.0 Å². The van der Waals surface area contributed by atoms with Crippen molar-refractivity contribution in [2.75, 3.05) is 13.1 Å². The summed E-state index contributed by atoms with van der Waals surface area (Å²) in [4.78, 5) is 11.9. The maximum Gasteiger partial charge on any atom is 0.191 e. The molecule has 154 valence electrons. The van der Waals surface area contributed by atoms with E-state index < -0.39 is 0 Å². The summed E-state index contributed by atoms with van der Waals surface area (Å²) >= 11 is 1.72. The van der Waals surface area contributed by atoms with Crippen LogP contribution in [0, 0.1) is 0 Å². The van der Waals surface area contributed by atoms with Crippen molar-refractivity contribution in [3.8, 4) is 0 Å². The lowest BCUT2D eigenvalue weighted by atomic mass is 10.2. The van der Waals surface area contributed by atoms with E-state index in [0.717, 1.165) is 44.1 Å². The molecule has 1 saturated heterocycles. The third-order valence-corrected chi connectivity index (χ3v) is 5.96. The molecule has 1 fully saturated rings. The number of nitrogens with zero attached hydrogens (tertiary/aromatic N) is 3. The molecule has 2 heterocycles. The maximum atomic E-state index is 4.75. The van der Waals surface area contributed by atoms with E-state index in [1.54, 1.807) is 11.3 Å². The fraction of sp³-hybridized carbons (Fsp3) is 0.524. The van der Waals surface area contributed by atoms with Gasteiger partial charge in [0.25, 0.3) is 0 Å². The Labute approximate surface area is 190 Å². The normalized spacial score (nSPS) is 20.0. The summed E-state index contributed by atoms with van der Waals surface area (Å²) in [7, 11) is 0. The van der Waals surface area contributed by atoms with Gasteiger partial charge in [-0.1, -0.05) is 37.3 Å². The zero-order chi connectivity index (χ0) is 19.1. The van der Waals surface area contributed by atoms with Gasteiger partial charge in [-0.15, -0.1) is 35.3 Å². The highest BCUT2D eigenvalue weighted by molar-refractivity contribution is 14.0. The number of aliphatic imine (C=N–C) groups is 1. The number of benzene rings is 1. The zero-order valence-electron chi connectivity index (χ0n) is 17.0. The average molecular weight is 513 g/mol. The van der Waals surface area contributed by atoms with Gasteiger partial charge in [0.2, 0.25) is 0 Å². The van der Waals surface area contributed by atoms with E-state index in [0.29, 0.717) is 18.6 Å². The highest BCUT2D eigenvalue weighted by Crippen LogP contribution is 2.20. The molecule has 2 unspecified atom stereocenters. The Bertz CT molecular complexity index is 733. The molecule has 5 nitrogen and oxygen atoms in total. The number of thiazole rings is 1. The molecule has 0 saturated carbocycles. The maximum absolute atomic E-state index is 4.75. The Morgan fingerprint density at radius 2 is 2.07 bits per heavy atom. The van der Waals surface area contributed by atoms with Crippen molar-refractivity contribution in [1.29, 1.82) is 0 Å². The molecule has 28 heavy (non-hydrogen) atoms. The van der Waals surface area contributed by atoms with Crippen LogP contribution in [0.4, 0.5) is 0 Å². The fourth-order valence-corrected chi connectivity index (χ4v) is 4.23. The summed E-state index contributed by atoms with van der Waals surface area (Å²) < 4.78 is 0. The monoisotopic (exact) mass is 513 g/mol. The first-order chi connectivity index (χ1) is 13.2. The molecule has 0 aliphatic carbocycles. The highest BCUT2D eigenvalue weighted by atomic mass is 127. The van der Waals surface area contributed by atoms with Gasteiger partial charge in [-0.3, -0.25) is 4.90 Å². The van der Waals surface area contributed by atoms with Gasteiger partial charge in [0.1, 0.15) is 0 Å². The van der Waals surface area contributed by atoms with Gasteiger partial charge in [0.05, 0.1) is 17.2 Å². The van der Waals surface area contributed by atoms with Crippen LogP contribution in [-0.4, -0.2) is 41.0 Å². The van der Waals surface area contributed by atoms with Crippen LogP contribution in [0.2, 0.25) is 0 Å². The van der Waals surface area contributed by atoms with Crippen molar-refractivity contribution < 1.29 is 0 Å². The minimum atomic E-state index is 0. The van der Waals surface area contributed by atoms with E-state index in [4.69, 9.17) is 4.99 Å². The van der Waals surface area contributed by atoms with E-state index >= 15 is 0 Å². The number of hydrogen-bond donors (Lipinski definition) is 2. The number of aryl methyl sites for hydroxylation is 1. The summed E-state index contributed by atoms with van der Waals surface area (Å²) in [6.07, 6.45) is 2.12. The fourth-order valence-electron chi connectivity index (χ4n) is 3.50. The molecule has 0 amide bonds. The third-order valence-electron chi connectivity index (χ3n) is 4.92.